The normalized spacial score (nSPS) is 30.8. The molecule has 9 atom stereocenters. The minimum atomic E-state index is -1.98. The molecule has 17 heteroatoms. The molecule has 354 valence electrons. The van der Waals surface area contributed by atoms with Gasteiger partial charge in [-0.15, -0.1) is 0 Å². The summed E-state index contributed by atoms with van der Waals surface area (Å²) in [5.41, 5.74) is 5.42. The molecule has 0 radical (unpaired) electrons. The number of nitrogens with one attached hydrogen (secondary N) is 1. The number of ether oxygens (including phenoxy) is 5. The third-order valence-corrected chi connectivity index (χ3v) is 13.3. The Morgan fingerprint density at radius 2 is 1.65 bits per heavy atom. The molecule has 1 saturated heterocycles. The maximum atomic E-state index is 14.8. The predicted molar refractivity (Wildman–Crippen MR) is 241 cm³/mol. The molecule has 6 N–H and O–H groups in total. The van der Waals surface area contributed by atoms with E-state index in [-0.39, 0.29) is 49.7 Å². The average molecular weight is 904 g/mol. The van der Waals surface area contributed by atoms with Crippen molar-refractivity contribution in [1.82, 2.24) is 4.90 Å². The van der Waals surface area contributed by atoms with Crippen LogP contribution in [0.5, 0.6) is 17.2 Å². The smallest absolute Gasteiger partial charge is 0.320 e. The number of nitrogens with zero attached hydrogens (tertiary/aromatic N) is 3. The van der Waals surface area contributed by atoms with Gasteiger partial charge in [-0.05, 0) is 25.8 Å². The number of amides is 1. The second kappa shape index (κ2) is 19.2. The quantitative estimate of drug-likeness (QED) is 0.201. The van der Waals surface area contributed by atoms with Gasteiger partial charge < -0.3 is 55.0 Å². The number of aliphatic hydroxyl groups is 1. The van der Waals surface area contributed by atoms with Crippen LogP contribution in [0.3, 0.4) is 0 Å². The predicted octanol–water partition coefficient (Wildman–Crippen LogP) is 4.26. The number of phenolic OH excluding ortho intramolecular Hbond substituents is 2. The minimum absolute atomic E-state index is 0.0383. The fraction of sp³-hybridized carbons (Fsp3) is 0.583. The van der Waals surface area contributed by atoms with Crippen molar-refractivity contribution in [3.8, 4) is 17.2 Å². The first-order valence-electron chi connectivity index (χ1n) is 22.4. The number of hydrogen-bond donors (Lipinski definition) is 5. The van der Waals surface area contributed by atoms with E-state index in [0.29, 0.717) is 37.5 Å². The van der Waals surface area contributed by atoms with Crippen molar-refractivity contribution in [2.45, 2.75) is 118 Å². The number of esters is 2. The molecule has 4 heterocycles. The number of Topliss-reactive ketones (excluding diaryl/α,β-unsaturated/α-hetero) is 1. The minimum Gasteiger partial charge on any atom is -0.507 e. The van der Waals surface area contributed by atoms with Gasteiger partial charge in [-0.25, -0.2) is 4.99 Å². The van der Waals surface area contributed by atoms with Crippen LogP contribution >= 0.6 is 0 Å². The van der Waals surface area contributed by atoms with E-state index in [2.05, 4.69) is 29.1 Å². The second-order valence-corrected chi connectivity index (χ2v) is 18.6. The number of benzene rings is 2. The molecule has 1 amide bonds. The maximum Gasteiger partial charge on any atom is 0.320 e. The van der Waals surface area contributed by atoms with Gasteiger partial charge in [-0.1, -0.05) is 59.8 Å². The number of aromatic hydroxyl groups is 2. The zero-order valence-electron chi connectivity index (χ0n) is 39.3. The standard InChI is InChI=1S/C48H65N5O12/c1-23(2)22-53-18-16-48(17-19-53)51-36-33-34-40(57)29(8)44-35(33)45(59)47(10,65-44)62-20-15-31(61-11)26(5)43(63-30(9)54)28(7)39(56)27(6)42(64-32(55)21-49)24(3)13-12-14-25(4)46(60)50-38(41(34)58)37(36)52-48/h12-15,20,23-24,26-28,31,39,42-43,51,56-58H,16-19,21-22,49H2,1-11H3/b13-12-,20-15?,25-14-,50-38?/t24-,26+,27-,28+,31-,39+,42-,43+,47-/m0/s1. The Bertz CT molecular complexity index is 2440. The highest BCUT2D eigenvalue weighted by molar-refractivity contribution is 6.21. The highest BCUT2D eigenvalue weighted by Crippen LogP contribution is 2.51. The average Bonchev–Trinajstić information content (AvgIpc) is 3.76. The molecule has 0 saturated carbocycles. The van der Waals surface area contributed by atoms with Crippen LogP contribution in [0.15, 0.2) is 46.1 Å². The molecular formula is C48H65N5O12. The lowest BCUT2D eigenvalue weighted by atomic mass is 9.78. The van der Waals surface area contributed by atoms with Crippen LogP contribution in [-0.2, 0) is 33.3 Å². The van der Waals surface area contributed by atoms with E-state index in [0.717, 1.165) is 6.54 Å². The van der Waals surface area contributed by atoms with Crippen LogP contribution in [0, 0.1) is 36.5 Å². The number of hydrogen-bond acceptors (Lipinski definition) is 16. The number of aliphatic hydroxyl groups excluding tert-OH is 1. The lowest BCUT2D eigenvalue weighted by molar-refractivity contribution is -0.164. The number of piperidine rings is 1. The Morgan fingerprint density at radius 3 is 2.26 bits per heavy atom. The van der Waals surface area contributed by atoms with Gasteiger partial charge in [-0.2, -0.15) is 0 Å². The van der Waals surface area contributed by atoms with Crippen LogP contribution in [0.2, 0.25) is 0 Å². The number of ketones is 1. The van der Waals surface area contributed by atoms with Crippen LogP contribution in [0.25, 0.3) is 10.8 Å². The SMILES string of the molecule is CO[C@H]1C=CO[C@@]2(C)Oc3c(C)c(O)c4c(O)c(c5c(c4c3C2=O)NC2(CCN(CC(C)C)CC2)N=5)=NC(=O)/C(C)=C\C=C/[C@H](C)[C@H](OC(=O)CN)[C@@H](C)[C@@H](O)[C@@H](C)[C@H](OC(C)=O)[C@@H]1C. The van der Waals surface area contributed by atoms with Gasteiger partial charge in [0.05, 0.1) is 41.7 Å². The lowest BCUT2D eigenvalue weighted by Crippen LogP contribution is -2.47. The first kappa shape index (κ1) is 49.1. The van der Waals surface area contributed by atoms with E-state index in [1.54, 1.807) is 53.7 Å². The summed E-state index contributed by atoms with van der Waals surface area (Å²) >= 11 is 0. The first-order valence-corrected chi connectivity index (χ1v) is 22.4. The molecule has 1 spiro atoms. The Morgan fingerprint density at radius 1 is 0.985 bits per heavy atom. The summed E-state index contributed by atoms with van der Waals surface area (Å²) in [4.78, 5) is 65.9. The number of phenols is 2. The van der Waals surface area contributed by atoms with Crippen molar-refractivity contribution in [3.05, 3.63) is 58.0 Å². The molecule has 0 unspecified atom stereocenters. The third-order valence-electron chi connectivity index (χ3n) is 13.3. The third kappa shape index (κ3) is 9.51. The molecule has 0 aliphatic carbocycles. The zero-order chi connectivity index (χ0) is 47.9. The number of anilines is 1. The van der Waals surface area contributed by atoms with Crippen molar-refractivity contribution in [2.75, 3.05) is 38.6 Å². The molecule has 17 nitrogen and oxygen atoms in total. The van der Waals surface area contributed by atoms with E-state index in [1.165, 1.54) is 39.4 Å². The van der Waals surface area contributed by atoms with E-state index in [4.69, 9.17) is 34.4 Å². The van der Waals surface area contributed by atoms with Gasteiger partial charge in [0.1, 0.15) is 40.1 Å². The summed E-state index contributed by atoms with van der Waals surface area (Å²) in [7, 11) is 1.45. The number of carbonyl (C=O) groups excluding carboxylic acids is 4. The fourth-order valence-corrected chi connectivity index (χ4v) is 9.64. The highest BCUT2D eigenvalue weighted by atomic mass is 16.7. The van der Waals surface area contributed by atoms with E-state index >= 15 is 0 Å². The molecule has 0 aromatic heterocycles. The molecule has 2 aromatic carbocycles. The summed E-state index contributed by atoms with van der Waals surface area (Å²) in [6, 6.07) is 0. The molecule has 4 aliphatic rings. The summed E-state index contributed by atoms with van der Waals surface area (Å²) in [5.74, 6) is -7.67. The van der Waals surface area contributed by atoms with Crippen LogP contribution < -0.4 is 26.5 Å². The molecule has 4 aliphatic heterocycles. The second-order valence-electron chi connectivity index (χ2n) is 18.6. The molecular weight excluding hydrogens is 839 g/mol. The number of fused-ring (bicyclic) bond motifs is 1. The number of likely N-dealkylation sites (tertiary alicyclic amines) is 1. The number of rotatable bonds is 6. The summed E-state index contributed by atoms with van der Waals surface area (Å²) in [5, 5.41) is 39.5. The van der Waals surface area contributed by atoms with Crippen molar-refractivity contribution in [3.63, 3.8) is 0 Å². The molecule has 4 bridgehead atoms. The molecule has 2 aromatic rings. The number of nitrogens with two attached hydrogens (primary N) is 1. The van der Waals surface area contributed by atoms with Gasteiger partial charge in [-0.3, -0.25) is 24.2 Å². The first-order chi connectivity index (χ1) is 30.6. The monoisotopic (exact) mass is 903 g/mol. The van der Waals surface area contributed by atoms with Gasteiger partial charge in [0.2, 0.25) is 0 Å². The van der Waals surface area contributed by atoms with Gasteiger partial charge in [0, 0.05) is 93.6 Å². The molecule has 1 fully saturated rings. The van der Waals surface area contributed by atoms with Gasteiger partial charge in [0.25, 0.3) is 11.7 Å². The fourth-order valence-electron chi connectivity index (χ4n) is 9.64. The number of methoxy groups -OCH3 is 1. The van der Waals surface area contributed by atoms with Crippen molar-refractivity contribution >= 4 is 40.1 Å². The largest absolute Gasteiger partial charge is 0.507 e. The Labute approximate surface area is 379 Å². The molecule has 6 rings (SSSR count). The van der Waals surface area contributed by atoms with E-state index < -0.39 is 95.5 Å². The number of carbonyl (C=O) groups is 4. The highest BCUT2D eigenvalue weighted by Gasteiger charge is 2.51. The van der Waals surface area contributed by atoms with Crippen molar-refractivity contribution in [1.29, 1.82) is 0 Å². The molecule has 65 heavy (non-hydrogen) atoms. The summed E-state index contributed by atoms with van der Waals surface area (Å²) < 4.78 is 29.9. The van der Waals surface area contributed by atoms with E-state index in [1.807, 2.05) is 0 Å². The number of allylic oxidation sites excluding steroid dienone is 2. The topological polar surface area (TPSA) is 241 Å². The lowest BCUT2D eigenvalue weighted by Gasteiger charge is -2.38. The Balaban J connectivity index is 1.56. The van der Waals surface area contributed by atoms with E-state index in [9.17, 15) is 34.5 Å². The van der Waals surface area contributed by atoms with Crippen LogP contribution in [0.4, 0.5) is 5.69 Å². The Kier molecular flexibility index (Phi) is 14.5. The summed E-state index contributed by atoms with van der Waals surface area (Å²) in [6.07, 6.45) is 4.91. The van der Waals surface area contributed by atoms with Crippen LogP contribution in [-0.4, -0.2) is 113 Å². The maximum absolute atomic E-state index is 14.8. The van der Waals surface area contributed by atoms with Gasteiger partial charge in [0.15, 0.2) is 5.75 Å². The van der Waals surface area contributed by atoms with Crippen molar-refractivity contribution in [2.24, 2.45) is 45.3 Å². The van der Waals surface area contributed by atoms with Crippen LogP contribution in [0.1, 0.15) is 91.1 Å². The Hall–Kier alpha value is -5.36. The zero-order valence-corrected chi connectivity index (χ0v) is 39.3. The van der Waals surface area contributed by atoms with Crippen molar-refractivity contribution < 1.29 is 58.2 Å². The summed E-state index contributed by atoms with van der Waals surface area (Å²) in [6.45, 7) is 19.0. The van der Waals surface area contributed by atoms with Gasteiger partial charge >= 0.3 is 17.7 Å².